The normalized spacial score (nSPS) is 18.1. The van der Waals surface area contributed by atoms with Crippen LogP contribution in [0.2, 0.25) is 0 Å². The minimum absolute atomic E-state index is 0.287. The molecule has 6 nitrogen and oxygen atoms in total. The van der Waals surface area contributed by atoms with Gasteiger partial charge in [0.05, 0.1) is 11.8 Å². The van der Waals surface area contributed by atoms with Crippen molar-refractivity contribution in [1.82, 2.24) is 19.4 Å². The van der Waals surface area contributed by atoms with Crippen LogP contribution >= 0.6 is 0 Å². The van der Waals surface area contributed by atoms with Crippen LogP contribution in [0.1, 0.15) is 19.3 Å². The summed E-state index contributed by atoms with van der Waals surface area (Å²) in [7, 11) is 0. The topological polar surface area (TPSA) is 64.2 Å². The third-order valence-electron chi connectivity index (χ3n) is 7.42. The van der Waals surface area contributed by atoms with Crippen LogP contribution in [0.15, 0.2) is 77.5 Å². The quantitative estimate of drug-likeness (QED) is 0.333. The molecule has 4 heterocycles. The number of hydrogen-bond acceptors (Lipinski definition) is 4. The molecule has 1 unspecified atom stereocenters. The minimum Gasteiger partial charge on any atom is -0.464 e. The molecule has 2 aromatic carbocycles. The van der Waals surface area contributed by atoms with E-state index in [2.05, 4.69) is 56.9 Å². The van der Waals surface area contributed by atoms with Crippen LogP contribution in [0.25, 0.3) is 44.6 Å². The van der Waals surface area contributed by atoms with Crippen LogP contribution < -0.4 is 0 Å². The van der Waals surface area contributed by atoms with Crippen molar-refractivity contribution in [1.29, 1.82) is 0 Å². The van der Waals surface area contributed by atoms with Gasteiger partial charge < -0.3 is 13.9 Å². The fourth-order valence-electron chi connectivity index (χ4n) is 5.35. The Balaban J connectivity index is 1.19. The predicted molar refractivity (Wildman–Crippen MR) is 136 cm³/mol. The van der Waals surface area contributed by atoms with Gasteiger partial charge in [-0.1, -0.05) is 30.3 Å². The first kappa shape index (κ1) is 20.4. The SMILES string of the molecule is O=C(C1CC1)N1CCC(Cn2c(-c3ccc(-c4ccc5occc5c4)cc3)nc3ncccc32)C1. The highest BCUT2D eigenvalue weighted by Gasteiger charge is 2.36. The molecule has 5 aromatic rings. The van der Waals surface area contributed by atoms with Gasteiger partial charge in [0.15, 0.2) is 5.65 Å². The zero-order chi connectivity index (χ0) is 23.4. The molecule has 0 radical (unpaired) electrons. The lowest BCUT2D eigenvalue weighted by Crippen LogP contribution is -2.30. The molecule has 1 saturated heterocycles. The summed E-state index contributed by atoms with van der Waals surface area (Å²) in [4.78, 5) is 24.1. The second-order valence-electron chi connectivity index (χ2n) is 9.86. The van der Waals surface area contributed by atoms with Gasteiger partial charge in [-0.25, -0.2) is 9.97 Å². The number of amides is 1. The Morgan fingerprint density at radius 1 is 0.971 bits per heavy atom. The summed E-state index contributed by atoms with van der Waals surface area (Å²) in [6, 6.07) is 20.9. The molecule has 1 atom stereocenters. The smallest absolute Gasteiger partial charge is 0.225 e. The third-order valence-corrected chi connectivity index (χ3v) is 7.42. The average Bonchev–Trinajstić information content (AvgIpc) is 3.30. The molecule has 0 spiro atoms. The maximum atomic E-state index is 12.6. The first-order valence-corrected chi connectivity index (χ1v) is 12.4. The lowest BCUT2D eigenvalue weighted by atomic mass is 10.0. The average molecular weight is 463 g/mol. The van der Waals surface area contributed by atoms with Gasteiger partial charge >= 0.3 is 0 Å². The Morgan fingerprint density at radius 2 is 1.80 bits per heavy atom. The van der Waals surface area contributed by atoms with Crippen molar-refractivity contribution >= 4 is 28.0 Å². The molecule has 174 valence electrons. The molecule has 1 aliphatic carbocycles. The van der Waals surface area contributed by atoms with Crippen molar-refractivity contribution in [3.63, 3.8) is 0 Å². The number of carbonyl (C=O) groups excluding carboxylic acids is 1. The first-order chi connectivity index (χ1) is 17.2. The zero-order valence-corrected chi connectivity index (χ0v) is 19.4. The fourth-order valence-corrected chi connectivity index (χ4v) is 5.35. The molecule has 1 saturated carbocycles. The van der Waals surface area contributed by atoms with Gasteiger partial charge in [0.2, 0.25) is 5.91 Å². The summed E-state index contributed by atoms with van der Waals surface area (Å²) in [6.07, 6.45) is 6.68. The number of carbonyl (C=O) groups is 1. The van der Waals surface area contributed by atoms with Crippen molar-refractivity contribution in [2.24, 2.45) is 11.8 Å². The Kier molecular flexibility index (Phi) is 4.72. The first-order valence-electron chi connectivity index (χ1n) is 12.4. The van der Waals surface area contributed by atoms with E-state index >= 15 is 0 Å². The summed E-state index contributed by atoms with van der Waals surface area (Å²) < 4.78 is 7.77. The van der Waals surface area contributed by atoms with E-state index in [1.807, 2.05) is 18.2 Å². The Hall–Kier alpha value is -3.93. The summed E-state index contributed by atoms with van der Waals surface area (Å²) >= 11 is 0. The van der Waals surface area contributed by atoms with Gasteiger partial charge in [0, 0.05) is 42.7 Å². The largest absolute Gasteiger partial charge is 0.464 e. The van der Waals surface area contributed by atoms with Crippen LogP contribution in [-0.2, 0) is 11.3 Å². The highest BCUT2D eigenvalue weighted by Crippen LogP contribution is 2.34. The summed E-state index contributed by atoms with van der Waals surface area (Å²) in [5, 5.41) is 1.10. The number of benzene rings is 2. The van der Waals surface area contributed by atoms with E-state index < -0.39 is 0 Å². The van der Waals surface area contributed by atoms with E-state index in [4.69, 9.17) is 9.40 Å². The Labute approximate surface area is 203 Å². The maximum Gasteiger partial charge on any atom is 0.225 e. The summed E-state index contributed by atoms with van der Waals surface area (Å²) in [5.74, 6) is 2.00. The third kappa shape index (κ3) is 3.70. The van der Waals surface area contributed by atoms with Crippen LogP contribution in [0.5, 0.6) is 0 Å². The molecule has 7 rings (SSSR count). The van der Waals surface area contributed by atoms with Crippen molar-refractivity contribution in [3.05, 3.63) is 73.1 Å². The van der Waals surface area contributed by atoms with E-state index in [9.17, 15) is 4.79 Å². The van der Waals surface area contributed by atoms with Crippen molar-refractivity contribution in [2.45, 2.75) is 25.8 Å². The molecular formula is C29H26N4O2. The predicted octanol–water partition coefficient (Wildman–Crippen LogP) is 5.77. The molecule has 35 heavy (non-hydrogen) atoms. The Morgan fingerprint density at radius 3 is 2.66 bits per heavy atom. The maximum absolute atomic E-state index is 12.6. The van der Waals surface area contributed by atoms with Gasteiger partial charge in [-0.3, -0.25) is 4.79 Å². The highest BCUT2D eigenvalue weighted by molar-refractivity contribution is 5.84. The number of imidazole rings is 1. The monoisotopic (exact) mass is 462 g/mol. The Bertz CT molecular complexity index is 1540. The molecular weight excluding hydrogens is 436 g/mol. The van der Waals surface area contributed by atoms with Crippen molar-refractivity contribution in [3.8, 4) is 22.5 Å². The molecule has 1 aliphatic heterocycles. The van der Waals surface area contributed by atoms with E-state index in [0.717, 1.165) is 83.5 Å². The van der Waals surface area contributed by atoms with E-state index in [1.165, 1.54) is 0 Å². The standard InChI is InChI=1S/C29H26N4O2/c34-29(22-7-8-22)32-14-11-19(17-32)18-33-25-2-1-13-30-27(25)31-28(33)21-5-3-20(4-6-21)23-9-10-26-24(16-23)12-15-35-26/h1-6,9-10,12-13,15-16,19,22H,7-8,11,14,17-18H2. The van der Waals surface area contributed by atoms with E-state index in [0.29, 0.717) is 11.8 Å². The van der Waals surface area contributed by atoms with Crippen molar-refractivity contribution in [2.75, 3.05) is 13.1 Å². The van der Waals surface area contributed by atoms with Crippen LogP contribution in [0, 0.1) is 11.8 Å². The highest BCUT2D eigenvalue weighted by atomic mass is 16.3. The number of rotatable bonds is 5. The number of aromatic nitrogens is 3. The van der Waals surface area contributed by atoms with Crippen molar-refractivity contribution < 1.29 is 9.21 Å². The molecule has 0 bridgehead atoms. The lowest BCUT2D eigenvalue weighted by Gasteiger charge is -2.17. The lowest BCUT2D eigenvalue weighted by molar-refractivity contribution is -0.131. The van der Waals surface area contributed by atoms with Crippen LogP contribution in [-0.4, -0.2) is 38.4 Å². The van der Waals surface area contributed by atoms with Crippen LogP contribution in [0.4, 0.5) is 0 Å². The molecule has 2 fully saturated rings. The summed E-state index contributed by atoms with van der Waals surface area (Å²) in [5.41, 5.74) is 6.09. The molecule has 3 aromatic heterocycles. The second-order valence-corrected chi connectivity index (χ2v) is 9.86. The molecule has 6 heteroatoms. The molecule has 0 N–H and O–H groups in total. The number of likely N-dealkylation sites (tertiary alicyclic amines) is 1. The van der Waals surface area contributed by atoms with Gasteiger partial charge in [0.1, 0.15) is 11.4 Å². The van der Waals surface area contributed by atoms with Gasteiger partial charge in [-0.2, -0.15) is 0 Å². The number of fused-ring (bicyclic) bond motifs is 2. The van der Waals surface area contributed by atoms with Gasteiger partial charge in [-0.05, 0) is 66.6 Å². The van der Waals surface area contributed by atoms with E-state index in [1.54, 1.807) is 12.5 Å². The molecule has 1 amide bonds. The molecule has 2 aliphatic rings. The van der Waals surface area contributed by atoms with Gasteiger partial charge in [0.25, 0.3) is 0 Å². The van der Waals surface area contributed by atoms with Gasteiger partial charge in [-0.15, -0.1) is 0 Å². The minimum atomic E-state index is 0.287. The number of nitrogens with zero attached hydrogens (tertiary/aromatic N) is 4. The fraction of sp³-hybridized carbons (Fsp3) is 0.276. The second kappa shape index (κ2) is 8.08. The van der Waals surface area contributed by atoms with Crippen LogP contribution in [0.3, 0.4) is 0 Å². The number of furan rings is 1. The van der Waals surface area contributed by atoms with E-state index in [-0.39, 0.29) is 5.92 Å². The summed E-state index contributed by atoms with van der Waals surface area (Å²) in [6.45, 7) is 2.55. The number of hydrogen-bond donors (Lipinski definition) is 0. The number of pyridine rings is 1. The zero-order valence-electron chi connectivity index (χ0n) is 19.4.